The monoisotopic (exact) mass is 555 g/mol. The van der Waals surface area contributed by atoms with Crippen LogP contribution in [0.4, 0.5) is 16.2 Å². The maximum atomic E-state index is 13.0. The summed E-state index contributed by atoms with van der Waals surface area (Å²) in [5.41, 5.74) is 1.96. The van der Waals surface area contributed by atoms with Gasteiger partial charge in [0.2, 0.25) is 5.91 Å². The Morgan fingerprint density at radius 1 is 1.03 bits per heavy atom. The third-order valence-corrected chi connectivity index (χ3v) is 7.95. The number of hydrogen-bond acceptors (Lipinski definition) is 7. The van der Waals surface area contributed by atoms with Gasteiger partial charge in [0.1, 0.15) is 6.54 Å². The van der Waals surface area contributed by atoms with Gasteiger partial charge in [-0.25, -0.2) is 0 Å². The highest BCUT2D eigenvalue weighted by Gasteiger charge is 2.36. The van der Waals surface area contributed by atoms with Crippen molar-refractivity contribution in [1.29, 1.82) is 0 Å². The third kappa shape index (κ3) is 5.87. The van der Waals surface area contributed by atoms with Crippen LogP contribution in [0.2, 0.25) is 0 Å². The number of amides is 3. The van der Waals surface area contributed by atoms with Crippen molar-refractivity contribution in [3.8, 4) is 0 Å². The zero-order valence-electron chi connectivity index (χ0n) is 20.6. The Balaban J connectivity index is 1.31. The number of fused-ring (bicyclic) bond motifs is 1. The number of hydrogen-bond donors (Lipinski definition) is 1. The molecular weight excluding hydrogens is 534 g/mol. The highest BCUT2D eigenvalue weighted by Crippen LogP contribution is 2.37. The summed E-state index contributed by atoms with van der Waals surface area (Å²) in [6.07, 6.45) is 1.43. The molecule has 10 heteroatoms. The van der Waals surface area contributed by atoms with Gasteiger partial charge in [0.15, 0.2) is 0 Å². The Labute approximate surface area is 232 Å². The Bertz CT molecular complexity index is 1660. The van der Waals surface area contributed by atoms with E-state index in [1.54, 1.807) is 18.2 Å². The molecule has 0 radical (unpaired) electrons. The Morgan fingerprint density at radius 2 is 1.77 bits per heavy atom. The lowest BCUT2D eigenvalue weighted by molar-refractivity contribution is -0.387. The Morgan fingerprint density at radius 3 is 2.54 bits per heavy atom. The van der Waals surface area contributed by atoms with Gasteiger partial charge in [0.25, 0.3) is 16.8 Å². The largest absolute Gasteiger partial charge is 0.324 e. The van der Waals surface area contributed by atoms with Crippen molar-refractivity contribution >= 4 is 68.8 Å². The van der Waals surface area contributed by atoms with Crippen LogP contribution in [0.3, 0.4) is 0 Å². The fourth-order valence-electron chi connectivity index (χ4n) is 4.04. The summed E-state index contributed by atoms with van der Waals surface area (Å²) in [6.45, 7) is 1.52. The Hall–Kier alpha value is -4.41. The number of anilines is 1. The first-order valence-corrected chi connectivity index (χ1v) is 13.5. The molecule has 0 unspecified atom stereocenters. The highest BCUT2D eigenvalue weighted by molar-refractivity contribution is 8.18. The zero-order valence-corrected chi connectivity index (χ0v) is 22.3. The molecule has 39 heavy (non-hydrogen) atoms. The van der Waals surface area contributed by atoms with Crippen LogP contribution in [0.15, 0.2) is 99.6 Å². The SMILES string of the molecule is Cc1ccc(Sc2ccc(/C=C3\SC(=O)N(CC(=O)Nc4cccc5ccccc45)C3=O)cc2[N+](=O)[O-])cc1. The maximum Gasteiger partial charge on any atom is 0.294 e. The van der Waals surface area contributed by atoms with Gasteiger partial charge < -0.3 is 5.32 Å². The number of nitrogens with one attached hydrogen (secondary N) is 1. The smallest absolute Gasteiger partial charge is 0.294 e. The van der Waals surface area contributed by atoms with Crippen molar-refractivity contribution in [2.75, 3.05) is 11.9 Å². The van der Waals surface area contributed by atoms with E-state index in [4.69, 9.17) is 0 Å². The van der Waals surface area contributed by atoms with E-state index in [1.807, 2.05) is 67.6 Å². The van der Waals surface area contributed by atoms with Crippen molar-refractivity contribution in [3.63, 3.8) is 0 Å². The van der Waals surface area contributed by atoms with E-state index < -0.39 is 28.5 Å². The van der Waals surface area contributed by atoms with Crippen LogP contribution in [0, 0.1) is 17.0 Å². The molecule has 0 aliphatic carbocycles. The van der Waals surface area contributed by atoms with Gasteiger partial charge in [-0.2, -0.15) is 0 Å². The molecule has 4 aromatic rings. The van der Waals surface area contributed by atoms with Crippen molar-refractivity contribution < 1.29 is 19.3 Å². The van der Waals surface area contributed by atoms with Gasteiger partial charge in [-0.3, -0.25) is 29.4 Å². The quantitative estimate of drug-likeness (QED) is 0.150. The average molecular weight is 556 g/mol. The minimum absolute atomic E-state index is 0.0891. The summed E-state index contributed by atoms with van der Waals surface area (Å²) in [6, 6.07) is 25.3. The number of nitro groups is 1. The van der Waals surface area contributed by atoms with Gasteiger partial charge in [-0.15, -0.1) is 0 Å². The van der Waals surface area contributed by atoms with Gasteiger partial charge in [0.05, 0.1) is 14.7 Å². The number of thioether (sulfide) groups is 1. The van der Waals surface area contributed by atoms with Gasteiger partial charge >= 0.3 is 0 Å². The first kappa shape index (κ1) is 26.2. The summed E-state index contributed by atoms with van der Waals surface area (Å²) in [5.74, 6) is -1.14. The van der Waals surface area contributed by atoms with Crippen LogP contribution in [0.1, 0.15) is 11.1 Å². The van der Waals surface area contributed by atoms with Crippen LogP contribution >= 0.6 is 23.5 Å². The van der Waals surface area contributed by atoms with Crippen LogP contribution in [-0.4, -0.2) is 33.4 Å². The van der Waals surface area contributed by atoms with Crippen molar-refractivity contribution in [3.05, 3.63) is 111 Å². The normalized spacial score (nSPS) is 14.3. The maximum absolute atomic E-state index is 13.0. The van der Waals surface area contributed by atoms with E-state index in [2.05, 4.69) is 5.32 Å². The summed E-state index contributed by atoms with van der Waals surface area (Å²) in [5, 5.41) is 15.7. The molecule has 1 aliphatic heterocycles. The molecule has 1 N–H and O–H groups in total. The van der Waals surface area contributed by atoms with Crippen molar-refractivity contribution in [1.82, 2.24) is 4.90 Å². The number of rotatable bonds is 7. The standard InChI is InChI=1S/C29H21N3O5S2/c1-18-9-12-21(13-10-18)38-25-14-11-19(15-24(25)32(36)37)16-26-28(34)31(29(35)39-26)17-27(33)30-23-8-4-6-20-5-2-3-7-22(20)23/h2-16H,17H2,1H3,(H,30,33)/b26-16-. The Kier molecular flexibility index (Phi) is 7.49. The molecule has 0 saturated carbocycles. The third-order valence-electron chi connectivity index (χ3n) is 5.97. The first-order valence-electron chi connectivity index (χ1n) is 11.8. The van der Waals surface area contributed by atoms with Crippen LogP contribution < -0.4 is 5.32 Å². The lowest BCUT2D eigenvalue weighted by Gasteiger charge is -2.13. The molecule has 1 fully saturated rings. The highest BCUT2D eigenvalue weighted by atomic mass is 32.2. The molecule has 0 spiro atoms. The number of carbonyl (C=O) groups is 3. The van der Waals surface area contributed by atoms with Crippen LogP contribution in [0.5, 0.6) is 0 Å². The molecule has 0 bridgehead atoms. The number of carbonyl (C=O) groups excluding carboxylic acids is 3. The van der Waals surface area contributed by atoms with E-state index in [1.165, 1.54) is 23.9 Å². The van der Waals surface area contributed by atoms with E-state index >= 15 is 0 Å². The molecule has 1 aliphatic rings. The molecule has 194 valence electrons. The van der Waals surface area contributed by atoms with Gasteiger partial charge in [-0.1, -0.05) is 71.9 Å². The van der Waals surface area contributed by atoms with E-state index in [0.29, 0.717) is 27.9 Å². The minimum atomic E-state index is -0.626. The molecule has 1 saturated heterocycles. The van der Waals surface area contributed by atoms with E-state index in [0.717, 1.165) is 26.1 Å². The van der Waals surface area contributed by atoms with Crippen LogP contribution in [-0.2, 0) is 9.59 Å². The molecule has 1 heterocycles. The van der Waals surface area contributed by atoms with Gasteiger partial charge in [0, 0.05) is 22.0 Å². The molecule has 5 rings (SSSR count). The number of nitrogens with zero attached hydrogens (tertiary/aromatic N) is 2. The number of imide groups is 1. The van der Waals surface area contributed by atoms with E-state index in [9.17, 15) is 24.5 Å². The second-order valence-electron chi connectivity index (χ2n) is 8.74. The number of benzene rings is 4. The molecule has 0 aromatic heterocycles. The predicted octanol–water partition coefficient (Wildman–Crippen LogP) is 6.88. The predicted molar refractivity (Wildman–Crippen MR) is 154 cm³/mol. The van der Waals surface area contributed by atoms with E-state index in [-0.39, 0.29) is 10.6 Å². The summed E-state index contributed by atoms with van der Waals surface area (Å²) < 4.78 is 0. The fraction of sp³-hybridized carbons (Fsp3) is 0.0690. The summed E-state index contributed by atoms with van der Waals surface area (Å²) >= 11 is 1.96. The van der Waals surface area contributed by atoms with Crippen molar-refractivity contribution in [2.45, 2.75) is 16.7 Å². The average Bonchev–Trinajstić information content (AvgIpc) is 3.18. The summed E-state index contributed by atoms with van der Waals surface area (Å²) in [7, 11) is 0. The number of aryl methyl sites for hydroxylation is 1. The summed E-state index contributed by atoms with van der Waals surface area (Å²) in [4.78, 5) is 51.9. The lowest BCUT2D eigenvalue weighted by atomic mass is 10.1. The molecular formula is C29H21N3O5S2. The lowest BCUT2D eigenvalue weighted by Crippen LogP contribution is -2.36. The van der Waals surface area contributed by atoms with Gasteiger partial charge in [-0.05, 0) is 60.0 Å². The molecule has 0 atom stereocenters. The molecule has 4 aromatic carbocycles. The molecule has 8 nitrogen and oxygen atoms in total. The zero-order chi connectivity index (χ0) is 27.5. The first-order chi connectivity index (χ1) is 18.8. The fourth-order valence-corrected chi connectivity index (χ4v) is 5.78. The minimum Gasteiger partial charge on any atom is -0.324 e. The number of nitro benzene ring substituents is 1. The van der Waals surface area contributed by atoms with Crippen LogP contribution in [0.25, 0.3) is 16.8 Å². The van der Waals surface area contributed by atoms with Crippen molar-refractivity contribution in [2.24, 2.45) is 0 Å². The second kappa shape index (κ2) is 11.1. The molecule has 3 amide bonds. The second-order valence-corrected chi connectivity index (χ2v) is 10.9. The topological polar surface area (TPSA) is 110 Å².